The molecular weight excluding hydrogens is 546 g/mol. The molecule has 0 spiro atoms. The van der Waals surface area contributed by atoms with Crippen LogP contribution in [0.15, 0.2) is 53.0 Å². The Kier molecular flexibility index (Phi) is 6.81. The maximum Gasteiger partial charge on any atom is 0.433 e. The molecule has 0 unspecified atom stereocenters. The Morgan fingerprint density at radius 2 is 1.75 bits per heavy atom. The molecule has 2 amide bonds. The van der Waals surface area contributed by atoms with Crippen LogP contribution in [-0.4, -0.2) is 33.6 Å². The minimum atomic E-state index is -4.78. The highest BCUT2D eigenvalue weighted by molar-refractivity contribution is 9.10. The standard InChI is InChI=1S/C24H18BrF4N5O2/c1-12-20(21(23(36)30-2)33-34(12)11-13-3-6-15(26)7-4-13)32-22(35)17-10-19(24(27,28)29)31-18-8-5-14(25)9-16(17)18/h3-10H,11H2,1-2H3,(H,30,36)(H,32,35). The van der Waals surface area contributed by atoms with Crippen molar-refractivity contribution in [3.8, 4) is 0 Å². The molecule has 0 radical (unpaired) electrons. The van der Waals surface area contributed by atoms with E-state index in [1.807, 2.05) is 0 Å². The van der Waals surface area contributed by atoms with E-state index in [9.17, 15) is 27.2 Å². The highest BCUT2D eigenvalue weighted by atomic mass is 79.9. The van der Waals surface area contributed by atoms with Crippen molar-refractivity contribution in [2.75, 3.05) is 12.4 Å². The van der Waals surface area contributed by atoms with Gasteiger partial charge in [0.25, 0.3) is 11.8 Å². The number of alkyl halides is 3. The van der Waals surface area contributed by atoms with E-state index in [0.717, 1.165) is 0 Å². The molecule has 0 bridgehead atoms. The molecule has 4 aromatic rings. The number of carbonyl (C=O) groups is 2. The van der Waals surface area contributed by atoms with Crippen LogP contribution in [0.1, 0.15) is 37.8 Å². The molecule has 12 heteroatoms. The lowest BCUT2D eigenvalue weighted by atomic mass is 10.1. The molecule has 2 heterocycles. The molecule has 2 N–H and O–H groups in total. The average Bonchev–Trinajstić information content (AvgIpc) is 3.13. The largest absolute Gasteiger partial charge is 0.433 e. The minimum absolute atomic E-state index is 0.0200. The van der Waals surface area contributed by atoms with Crippen molar-refractivity contribution in [2.45, 2.75) is 19.6 Å². The maximum absolute atomic E-state index is 13.5. The monoisotopic (exact) mass is 563 g/mol. The summed E-state index contributed by atoms with van der Waals surface area (Å²) in [6.07, 6.45) is -4.78. The summed E-state index contributed by atoms with van der Waals surface area (Å²) >= 11 is 3.26. The summed E-state index contributed by atoms with van der Waals surface area (Å²) in [5, 5.41) is 9.46. The molecule has 0 aliphatic carbocycles. The number of fused-ring (bicyclic) bond motifs is 1. The normalized spacial score (nSPS) is 11.5. The molecule has 0 saturated carbocycles. The van der Waals surface area contributed by atoms with Gasteiger partial charge in [-0.2, -0.15) is 18.3 Å². The zero-order valence-corrected chi connectivity index (χ0v) is 20.5. The van der Waals surface area contributed by atoms with Crippen molar-refractivity contribution in [2.24, 2.45) is 0 Å². The number of pyridine rings is 1. The van der Waals surface area contributed by atoms with Crippen LogP contribution in [0.2, 0.25) is 0 Å². The van der Waals surface area contributed by atoms with Crippen LogP contribution in [-0.2, 0) is 12.7 Å². The van der Waals surface area contributed by atoms with Crippen LogP contribution in [0.25, 0.3) is 10.9 Å². The molecule has 0 saturated heterocycles. The maximum atomic E-state index is 13.5. The fraction of sp³-hybridized carbons (Fsp3) is 0.167. The smallest absolute Gasteiger partial charge is 0.354 e. The third-order valence-electron chi connectivity index (χ3n) is 5.44. The highest BCUT2D eigenvalue weighted by Gasteiger charge is 2.34. The van der Waals surface area contributed by atoms with Gasteiger partial charge in [-0.15, -0.1) is 0 Å². The Morgan fingerprint density at radius 1 is 1.06 bits per heavy atom. The fourth-order valence-corrected chi connectivity index (χ4v) is 3.96. The highest BCUT2D eigenvalue weighted by Crippen LogP contribution is 2.33. The molecule has 0 atom stereocenters. The fourth-order valence-electron chi connectivity index (χ4n) is 3.60. The number of aromatic nitrogens is 3. The predicted molar refractivity (Wildman–Crippen MR) is 128 cm³/mol. The molecule has 0 aliphatic heterocycles. The second kappa shape index (κ2) is 9.69. The Morgan fingerprint density at radius 3 is 2.39 bits per heavy atom. The lowest BCUT2D eigenvalue weighted by Crippen LogP contribution is -2.22. The van der Waals surface area contributed by atoms with Gasteiger partial charge in [-0.3, -0.25) is 14.3 Å². The third-order valence-corrected chi connectivity index (χ3v) is 5.93. The van der Waals surface area contributed by atoms with Gasteiger partial charge in [-0.1, -0.05) is 28.1 Å². The van der Waals surface area contributed by atoms with Gasteiger partial charge < -0.3 is 10.6 Å². The molecule has 4 rings (SSSR count). The topological polar surface area (TPSA) is 88.9 Å². The van der Waals surface area contributed by atoms with Crippen molar-refractivity contribution in [3.05, 3.63) is 87.0 Å². The molecule has 2 aromatic heterocycles. The van der Waals surface area contributed by atoms with Crippen LogP contribution in [0.4, 0.5) is 23.2 Å². The van der Waals surface area contributed by atoms with E-state index < -0.39 is 29.5 Å². The summed E-state index contributed by atoms with van der Waals surface area (Å²) in [5.74, 6) is -1.89. The molecule has 36 heavy (non-hydrogen) atoms. The van der Waals surface area contributed by atoms with Crippen LogP contribution in [0.3, 0.4) is 0 Å². The number of nitrogens with zero attached hydrogens (tertiary/aromatic N) is 3. The lowest BCUT2D eigenvalue weighted by molar-refractivity contribution is -0.140. The first kappa shape index (κ1) is 25.3. The van der Waals surface area contributed by atoms with Gasteiger partial charge in [-0.25, -0.2) is 9.37 Å². The summed E-state index contributed by atoms with van der Waals surface area (Å²) in [6, 6.07) is 10.7. The number of rotatable bonds is 5. The van der Waals surface area contributed by atoms with Crippen molar-refractivity contribution in [3.63, 3.8) is 0 Å². The molecule has 0 aliphatic rings. The van der Waals surface area contributed by atoms with E-state index in [0.29, 0.717) is 21.8 Å². The van der Waals surface area contributed by atoms with E-state index in [-0.39, 0.29) is 34.4 Å². The van der Waals surface area contributed by atoms with Crippen LogP contribution in [0.5, 0.6) is 0 Å². The summed E-state index contributed by atoms with van der Waals surface area (Å²) in [5.41, 5.74) is -0.547. The predicted octanol–water partition coefficient (Wildman–Crippen LogP) is 5.32. The number of hydrogen-bond donors (Lipinski definition) is 2. The van der Waals surface area contributed by atoms with Gasteiger partial charge in [0.05, 0.1) is 29.0 Å². The summed E-state index contributed by atoms with van der Waals surface area (Å²) in [6.45, 7) is 1.76. The van der Waals surface area contributed by atoms with Gasteiger partial charge in [0.15, 0.2) is 5.69 Å². The number of hydrogen-bond acceptors (Lipinski definition) is 4. The van der Waals surface area contributed by atoms with Crippen molar-refractivity contribution in [1.82, 2.24) is 20.1 Å². The van der Waals surface area contributed by atoms with Crippen molar-refractivity contribution >= 4 is 44.3 Å². The third kappa shape index (κ3) is 5.08. The number of benzene rings is 2. The summed E-state index contributed by atoms with van der Waals surface area (Å²) in [4.78, 5) is 29.5. The second-order valence-electron chi connectivity index (χ2n) is 7.84. The van der Waals surface area contributed by atoms with E-state index >= 15 is 0 Å². The van der Waals surface area contributed by atoms with E-state index in [1.165, 1.54) is 42.1 Å². The summed E-state index contributed by atoms with van der Waals surface area (Å²) < 4.78 is 55.7. The van der Waals surface area contributed by atoms with E-state index in [2.05, 4.69) is 36.6 Å². The van der Waals surface area contributed by atoms with E-state index in [1.54, 1.807) is 19.1 Å². The zero-order chi connectivity index (χ0) is 26.2. The Balaban J connectivity index is 1.78. The SMILES string of the molecule is CNC(=O)c1nn(Cc2ccc(F)cc2)c(C)c1NC(=O)c1cc(C(F)(F)F)nc2ccc(Br)cc12. The van der Waals surface area contributed by atoms with Gasteiger partial charge in [-0.05, 0) is 48.9 Å². The Bertz CT molecular complexity index is 1480. The van der Waals surface area contributed by atoms with Gasteiger partial charge in [0.1, 0.15) is 11.5 Å². The number of halogens is 5. The van der Waals surface area contributed by atoms with Crippen LogP contribution in [0, 0.1) is 12.7 Å². The number of amides is 2. The number of anilines is 1. The summed E-state index contributed by atoms with van der Waals surface area (Å²) in [7, 11) is 1.38. The van der Waals surface area contributed by atoms with Crippen LogP contribution < -0.4 is 10.6 Å². The number of carbonyl (C=O) groups excluding carboxylic acids is 2. The minimum Gasteiger partial charge on any atom is -0.354 e. The number of nitrogens with one attached hydrogen (secondary N) is 2. The van der Waals surface area contributed by atoms with Crippen molar-refractivity contribution < 1.29 is 27.2 Å². The van der Waals surface area contributed by atoms with Crippen LogP contribution >= 0.6 is 15.9 Å². The molecule has 0 fully saturated rings. The first-order chi connectivity index (χ1) is 17.0. The Hall–Kier alpha value is -3.80. The zero-order valence-electron chi connectivity index (χ0n) is 18.9. The quantitative estimate of drug-likeness (QED) is 0.322. The molecule has 2 aromatic carbocycles. The Labute approximate surface area is 210 Å². The second-order valence-corrected chi connectivity index (χ2v) is 8.76. The van der Waals surface area contributed by atoms with Gasteiger partial charge in [0, 0.05) is 16.9 Å². The first-order valence-corrected chi connectivity index (χ1v) is 11.3. The van der Waals surface area contributed by atoms with Gasteiger partial charge >= 0.3 is 6.18 Å². The van der Waals surface area contributed by atoms with E-state index in [4.69, 9.17) is 0 Å². The average molecular weight is 564 g/mol. The molecule has 186 valence electrons. The van der Waals surface area contributed by atoms with Gasteiger partial charge in [0.2, 0.25) is 0 Å². The molecule has 7 nitrogen and oxygen atoms in total. The molecular formula is C24H18BrF4N5O2. The lowest BCUT2D eigenvalue weighted by Gasteiger charge is -2.13. The van der Waals surface area contributed by atoms with Crippen molar-refractivity contribution in [1.29, 1.82) is 0 Å². The first-order valence-electron chi connectivity index (χ1n) is 10.5.